The number of para-hydroxylation sites is 1. The molecule has 0 spiro atoms. The molecule has 0 saturated heterocycles. The van der Waals surface area contributed by atoms with E-state index in [0.29, 0.717) is 5.95 Å². The number of aromatic nitrogens is 3. The number of ether oxygens (including phenoxy) is 1. The second kappa shape index (κ2) is 8.77. The molecule has 0 aliphatic heterocycles. The van der Waals surface area contributed by atoms with Gasteiger partial charge in [0, 0.05) is 11.8 Å². The summed E-state index contributed by atoms with van der Waals surface area (Å²) in [4.78, 5) is 24.3. The van der Waals surface area contributed by atoms with E-state index < -0.39 is 5.97 Å². The number of esters is 1. The van der Waals surface area contributed by atoms with Gasteiger partial charge in [-0.3, -0.25) is 0 Å². The SMILES string of the molecule is Cc1ccc(/C=C/C(=O)OCc2nc(N)nc(Nc3ccccc3C)n2)cc1. The first-order valence-electron chi connectivity index (χ1n) is 8.74. The van der Waals surface area contributed by atoms with E-state index in [4.69, 9.17) is 10.5 Å². The number of nitrogens with zero attached hydrogens (tertiary/aromatic N) is 3. The number of aryl methyl sites for hydroxylation is 2. The van der Waals surface area contributed by atoms with Crippen LogP contribution < -0.4 is 11.1 Å². The van der Waals surface area contributed by atoms with Gasteiger partial charge in [-0.25, -0.2) is 4.79 Å². The quantitative estimate of drug-likeness (QED) is 0.501. The van der Waals surface area contributed by atoms with Crippen LogP contribution in [-0.2, 0) is 16.1 Å². The number of carbonyl (C=O) groups excluding carboxylic acids is 1. The van der Waals surface area contributed by atoms with Crippen molar-refractivity contribution in [3.63, 3.8) is 0 Å². The lowest BCUT2D eigenvalue weighted by atomic mass is 10.1. The number of hydrogen-bond donors (Lipinski definition) is 2. The first kappa shape index (κ1) is 19.0. The molecule has 2 aromatic carbocycles. The number of carbonyl (C=O) groups is 1. The Morgan fingerprint density at radius 1 is 1.07 bits per heavy atom. The summed E-state index contributed by atoms with van der Waals surface area (Å²) >= 11 is 0. The van der Waals surface area contributed by atoms with Gasteiger partial charge < -0.3 is 15.8 Å². The lowest BCUT2D eigenvalue weighted by Crippen LogP contribution is -2.10. The normalized spacial score (nSPS) is 10.8. The number of nitrogen functional groups attached to an aromatic ring is 1. The first-order chi connectivity index (χ1) is 13.5. The fraction of sp³-hybridized carbons (Fsp3) is 0.143. The molecule has 0 fully saturated rings. The van der Waals surface area contributed by atoms with Crippen LogP contribution in [0.3, 0.4) is 0 Å². The molecule has 0 aliphatic carbocycles. The van der Waals surface area contributed by atoms with Crippen molar-refractivity contribution in [2.45, 2.75) is 20.5 Å². The van der Waals surface area contributed by atoms with Crippen molar-refractivity contribution in [2.75, 3.05) is 11.1 Å². The van der Waals surface area contributed by atoms with Crippen LogP contribution in [0.4, 0.5) is 17.6 Å². The predicted molar refractivity (Wildman–Crippen MR) is 109 cm³/mol. The zero-order chi connectivity index (χ0) is 19.9. The van der Waals surface area contributed by atoms with E-state index >= 15 is 0 Å². The maximum absolute atomic E-state index is 11.9. The van der Waals surface area contributed by atoms with Crippen LogP contribution in [0, 0.1) is 13.8 Å². The Morgan fingerprint density at radius 3 is 2.57 bits per heavy atom. The zero-order valence-corrected chi connectivity index (χ0v) is 15.7. The minimum absolute atomic E-state index is 0.0485. The fourth-order valence-corrected chi connectivity index (χ4v) is 2.42. The van der Waals surface area contributed by atoms with Crippen molar-refractivity contribution in [1.29, 1.82) is 0 Å². The highest BCUT2D eigenvalue weighted by molar-refractivity contribution is 5.87. The standard InChI is InChI=1S/C21H21N5O2/c1-14-7-9-16(10-8-14)11-12-19(27)28-13-18-24-20(22)26-21(25-18)23-17-6-4-3-5-15(17)2/h3-12H,13H2,1-2H3,(H3,22,23,24,25,26)/b12-11+. The summed E-state index contributed by atoms with van der Waals surface area (Å²) in [6.07, 6.45) is 3.05. The van der Waals surface area contributed by atoms with Crippen LogP contribution in [0.5, 0.6) is 0 Å². The molecule has 7 heteroatoms. The smallest absolute Gasteiger partial charge is 0.331 e. The summed E-state index contributed by atoms with van der Waals surface area (Å²) in [5.41, 5.74) is 9.71. The van der Waals surface area contributed by atoms with Crippen molar-refractivity contribution < 1.29 is 9.53 Å². The van der Waals surface area contributed by atoms with Gasteiger partial charge in [0.1, 0.15) is 0 Å². The molecule has 0 atom stereocenters. The molecular weight excluding hydrogens is 354 g/mol. The van der Waals surface area contributed by atoms with Crippen molar-refractivity contribution in [2.24, 2.45) is 0 Å². The topological polar surface area (TPSA) is 103 Å². The molecular formula is C21H21N5O2. The van der Waals surface area contributed by atoms with E-state index in [2.05, 4.69) is 20.3 Å². The Balaban J connectivity index is 1.62. The van der Waals surface area contributed by atoms with Gasteiger partial charge in [-0.2, -0.15) is 15.0 Å². The lowest BCUT2D eigenvalue weighted by molar-refractivity contribution is -0.139. The largest absolute Gasteiger partial charge is 0.454 e. The second-order valence-corrected chi connectivity index (χ2v) is 6.23. The van der Waals surface area contributed by atoms with Gasteiger partial charge in [-0.1, -0.05) is 48.0 Å². The molecule has 3 N–H and O–H groups in total. The van der Waals surface area contributed by atoms with Gasteiger partial charge in [0.15, 0.2) is 12.4 Å². The number of nitrogens with two attached hydrogens (primary N) is 1. The van der Waals surface area contributed by atoms with Crippen LogP contribution in [0.2, 0.25) is 0 Å². The number of rotatable bonds is 6. The third kappa shape index (κ3) is 5.38. The van der Waals surface area contributed by atoms with Crippen LogP contribution in [0.15, 0.2) is 54.6 Å². The Morgan fingerprint density at radius 2 is 1.82 bits per heavy atom. The van der Waals surface area contributed by atoms with E-state index in [0.717, 1.165) is 22.4 Å². The monoisotopic (exact) mass is 375 g/mol. The lowest BCUT2D eigenvalue weighted by Gasteiger charge is -2.09. The second-order valence-electron chi connectivity index (χ2n) is 6.23. The summed E-state index contributed by atoms with van der Waals surface area (Å²) in [6.45, 7) is 3.87. The molecule has 3 aromatic rings. The number of hydrogen-bond acceptors (Lipinski definition) is 7. The molecule has 0 bridgehead atoms. The molecule has 28 heavy (non-hydrogen) atoms. The number of benzene rings is 2. The highest BCUT2D eigenvalue weighted by atomic mass is 16.5. The molecule has 1 heterocycles. The van der Waals surface area contributed by atoms with E-state index in [9.17, 15) is 4.79 Å². The van der Waals surface area contributed by atoms with E-state index in [1.54, 1.807) is 6.08 Å². The Hall–Kier alpha value is -3.74. The minimum Gasteiger partial charge on any atom is -0.454 e. The van der Waals surface area contributed by atoms with E-state index in [-0.39, 0.29) is 18.4 Å². The van der Waals surface area contributed by atoms with E-state index in [1.165, 1.54) is 6.08 Å². The molecule has 7 nitrogen and oxygen atoms in total. The highest BCUT2D eigenvalue weighted by Gasteiger charge is 2.08. The maximum atomic E-state index is 11.9. The summed E-state index contributed by atoms with van der Waals surface area (Å²) in [6, 6.07) is 15.5. The molecule has 0 amide bonds. The molecule has 0 saturated carbocycles. The summed E-state index contributed by atoms with van der Waals surface area (Å²) in [7, 11) is 0. The van der Waals surface area contributed by atoms with Crippen molar-refractivity contribution >= 4 is 29.6 Å². The zero-order valence-electron chi connectivity index (χ0n) is 15.7. The van der Waals surface area contributed by atoms with Gasteiger partial charge >= 0.3 is 5.97 Å². The Kier molecular flexibility index (Phi) is 5.96. The van der Waals surface area contributed by atoms with Crippen LogP contribution in [0.25, 0.3) is 6.08 Å². The highest BCUT2D eigenvalue weighted by Crippen LogP contribution is 2.17. The Labute approximate surface area is 163 Å². The molecule has 0 unspecified atom stereocenters. The van der Waals surface area contributed by atoms with Gasteiger partial charge in [-0.05, 0) is 37.1 Å². The van der Waals surface area contributed by atoms with Gasteiger partial charge in [0.05, 0.1) is 0 Å². The van der Waals surface area contributed by atoms with Crippen molar-refractivity contribution in [1.82, 2.24) is 15.0 Å². The number of nitrogens with one attached hydrogen (secondary N) is 1. The van der Waals surface area contributed by atoms with Crippen LogP contribution in [-0.4, -0.2) is 20.9 Å². The number of anilines is 3. The van der Waals surface area contributed by atoms with Crippen molar-refractivity contribution in [3.8, 4) is 0 Å². The first-order valence-corrected chi connectivity index (χ1v) is 8.74. The minimum atomic E-state index is -0.493. The fourth-order valence-electron chi connectivity index (χ4n) is 2.42. The summed E-state index contributed by atoms with van der Waals surface area (Å²) in [5, 5.41) is 3.10. The maximum Gasteiger partial charge on any atom is 0.331 e. The van der Waals surface area contributed by atoms with Crippen LogP contribution in [0.1, 0.15) is 22.5 Å². The third-order valence-corrected chi connectivity index (χ3v) is 3.92. The third-order valence-electron chi connectivity index (χ3n) is 3.92. The molecule has 0 aliphatic rings. The van der Waals surface area contributed by atoms with E-state index in [1.807, 2.05) is 62.4 Å². The van der Waals surface area contributed by atoms with Gasteiger partial charge in [0.25, 0.3) is 0 Å². The van der Waals surface area contributed by atoms with Crippen LogP contribution >= 0.6 is 0 Å². The molecule has 142 valence electrons. The Bertz CT molecular complexity index is 1000. The van der Waals surface area contributed by atoms with Gasteiger partial charge in [0.2, 0.25) is 11.9 Å². The predicted octanol–water partition coefficient (Wildman–Crippen LogP) is 3.57. The summed E-state index contributed by atoms with van der Waals surface area (Å²) in [5.74, 6) is 0.115. The molecule has 3 rings (SSSR count). The van der Waals surface area contributed by atoms with Crippen molar-refractivity contribution in [3.05, 3.63) is 77.1 Å². The molecule has 0 radical (unpaired) electrons. The van der Waals surface area contributed by atoms with Gasteiger partial charge in [-0.15, -0.1) is 0 Å². The average molecular weight is 375 g/mol. The average Bonchev–Trinajstić information content (AvgIpc) is 2.67. The summed E-state index contributed by atoms with van der Waals surface area (Å²) < 4.78 is 5.20. The molecule has 1 aromatic heterocycles.